The average molecular weight is 326 g/mol. The van der Waals surface area contributed by atoms with Crippen LogP contribution in [-0.4, -0.2) is 11.8 Å². The van der Waals surface area contributed by atoms with Gasteiger partial charge in [-0.1, -0.05) is 6.07 Å². The molecule has 2 aromatic carbocycles. The van der Waals surface area contributed by atoms with Gasteiger partial charge in [0.05, 0.1) is 0 Å². The number of halogens is 1. The number of hydrogen-bond donors (Lipinski definition) is 2. The van der Waals surface area contributed by atoms with Crippen molar-refractivity contribution in [2.75, 3.05) is 10.6 Å². The molecular weight excluding hydrogens is 307 g/mol. The van der Waals surface area contributed by atoms with Crippen molar-refractivity contribution in [2.45, 2.75) is 20.8 Å². The van der Waals surface area contributed by atoms with Crippen LogP contribution in [0.1, 0.15) is 16.7 Å². The molecule has 0 atom stereocenters. The van der Waals surface area contributed by atoms with Crippen LogP contribution in [0.3, 0.4) is 0 Å². The lowest BCUT2D eigenvalue weighted by atomic mass is 10.1. The highest BCUT2D eigenvalue weighted by Crippen LogP contribution is 2.16. The Labute approximate surface area is 140 Å². The smallest absolute Gasteiger partial charge is 0.248 e. The minimum absolute atomic E-state index is 0.367. The van der Waals surface area contributed by atoms with Gasteiger partial charge >= 0.3 is 0 Å². The van der Waals surface area contributed by atoms with Gasteiger partial charge in [-0.25, -0.2) is 4.39 Å². The van der Waals surface area contributed by atoms with Gasteiger partial charge in [-0.05, 0) is 67.8 Å². The highest BCUT2D eigenvalue weighted by molar-refractivity contribution is 6.07. The largest absolute Gasteiger partial charge is 0.323 e. The first-order valence-corrected chi connectivity index (χ1v) is 7.48. The van der Waals surface area contributed by atoms with Gasteiger partial charge in [0.1, 0.15) is 5.82 Å². The second-order valence-electron chi connectivity index (χ2n) is 5.57. The van der Waals surface area contributed by atoms with Crippen LogP contribution in [0.5, 0.6) is 0 Å². The quantitative estimate of drug-likeness (QED) is 0.838. The monoisotopic (exact) mass is 326 g/mol. The van der Waals surface area contributed by atoms with E-state index in [0.29, 0.717) is 16.9 Å². The third kappa shape index (κ3) is 4.78. The zero-order valence-electron chi connectivity index (χ0n) is 13.8. The number of carbonyl (C=O) groups excluding carboxylic acids is 2. The molecule has 2 rings (SSSR count). The fourth-order valence-corrected chi connectivity index (χ4v) is 2.10. The average Bonchev–Trinajstić information content (AvgIpc) is 2.52. The summed E-state index contributed by atoms with van der Waals surface area (Å²) in [7, 11) is 0. The molecule has 2 aromatic rings. The van der Waals surface area contributed by atoms with Crippen molar-refractivity contribution in [2.24, 2.45) is 0 Å². The van der Waals surface area contributed by atoms with Crippen molar-refractivity contribution in [3.63, 3.8) is 0 Å². The minimum atomic E-state index is -0.458. The summed E-state index contributed by atoms with van der Waals surface area (Å²) >= 11 is 0. The van der Waals surface area contributed by atoms with E-state index in [1.54, 1.807) is 13.0 Å². The number of aryl methyl sites for hydroxylation is 3. The predicted molar refractivity (Wildman–Crippen MR) is 93.5 cm³/mol. The van der Waals surface area contributed by atoms with Crippen LogP contribution >= 0.6 is 0 Å². The first-order valence-electron chi connectivity index (χ1n) is 7.48. The molecule has 2 N–H and O–H groups in total. The SMILES string of the molecule is Cc1ccc(NC(=O)C=CC(=O)Nc2ccc(F)cc2C)cc1C. The van der Waals surface area contributed by atoms with Crippen LogP contribution in [0.15, 0.2) is 48.6 Å². The van der Waals surface area contributed by atoms with Gasteiger partial charge in [0.25, 0.3) is 0 Å². The van der Waals surface area contributed by atoms with Gasteiger partial charge in [-0.3, -0.25) is 9.59 Å². The molecule has 0 heterocycles. The van der Waals surface area contributed by atoms with Crippen LogP contribution in [0.4, 0.5) is 15.8 Å². The number of carbonyl (C=O) groups is 2. The van der Waals surface area contributed by atoms with E-state index in [1.807, 2.05) is 26.0 Å². The van der Waals surface area contributed by atoms with Crippen molar-refractivity contribution < 1.29 is 14.0 Å². The second kappa shape index (κ2) is 7.55. The molecule has 0 radical (unpaired) electrons. The standard InChI is InChI=1S/C19H19FN2O2/c1-12-4-6-16(11-13(12)2)21-18(23)8-9-19(24)22-17-7-5-15(20)10-14(17)3/h4-11H,1-3H3,(H,21,23)(H,22,24). The zero-order valence-corrected chi connectivity index (χ0v) is 13.8. The Morgan fingerprint density at radius 2 is 1.50 bits per heavy atom. The lowest BCUT2D eigenvalue weighted by molar-refractivity contribution is -0.114. The molecule has 0 fully saturated rings. The Morgan fingerprint density at radius 1 is 0.833 bits per heavy atom. The van der Waals surface area contributed by atoms with E-state index in [0.717, 1.165) is 23.3 Å². The molecular formula is C19H19FN2O2. The van der Waals surface area contributed by atoms with Crippen molar-refractivity contribution in [3.05, 3.63) is 71.1 Å². The van der Waals surface area contributed by atoms with Crippen LogP contribution < -0.4 is 10.6 Å². The fourth-order valence-electron chi connectivity index (χ4n) is 2.10. The van der Waals surface area contributed by atoms with E-state index >= 15 is 0 Å². The van der Waals surface area contributed by atoms with Gasteiger partial charge < -0.3 is 10.6 Å². The van der Waals surface area contributed by atoms with Crippen molar-refractivity contribution in [1.29, 1.82) is 0 Å². The molecule has 4 nitrogen and oxygen atoms in total. The van der Waals surface area contributed by atoms with Gasteiger partial charge in [-0.15, -0.1) is 0 Å². The highest BCUT2D eigenvalue weighted by atomic mass is 19.1. The van der Waals surface area contributed by atoms with Crippen molar-refractivity contribution >= 4 is 23.2 Å². The zero-order chi connectivity index (χ0) is 17.7. The summed E-state index contributed by atoms with van der Waals surface area (Å²) in [6, 6.07) is 9.65. The van der Waals surface area contributed by atoms with Crippen LogP contribution in [-0.2, 0) is 9.59 Å². The van der Waals surface area contributed by atoms with E-state index in [4.69, 9.17) is 0 Å². The highest BCUT2D eigenvalue weighted by Gasteiger charge is 2.04. The Bertz CT molecular complexity index is 813. The van der Waals surface area contributed by atoms with Crippen LogP contribution in [0, 0.1) is 26.6 Å². The molecule has 2 amide bonds. The summed E-state index contributed by atoms with van der Waals surface area (Å²) in [6.07, 6.45) is 2.29. The van der Waals surface area contributed by atoms with E-state index in [2.05, 4.69) is 10.6 Å². The Morgan fingerprint density at radius 3 is 2.12 bits per heavy atom. The maximum atomic E-state index is 13.0. The van der Waals surface area contributed by atoms with Crippen LogP contribution in [0.25, 0.3) is 0 Å². The normalized spacial score (nSPS) is 10.7. The van der Waals surface area contributed by atoms with E-state index in [1.165, 1.54) is 18.2 Å². The predicted octanol–water partition coefficient (Wildman–Crippen LogP) is 3.88. The first kappa shape index (κ1) is 17.4. The van der Waals surface area contributed by atoms with Gasteiger partial charge in [0.2, 0.25) is 11.8 Å². The summed E-state index contributed by atoms with van der Waals surface area (Å²) < 4.78 is 13.0. The molecule has 5 heteroatoms. The summed E-state index contributed by atoms with van der Waals surface area (Å²) in [5.74, 6) is -1.22. The van der Waals surface area contributed by atoms with Gasteiger partial charge in [-0.2, -0.15) is 0 Å². The van der Waals surface area contributed by atoms with E-state index in [9.17, 15) is 14.0 Å². The third-order valence-corrected chi connectivity index (χ3v) is 3.61. The van der Waals surface area contributed by atoms with Crippen molar-refractivity contribution in [3.8, 4) is 0 Å². The summed E-state index contributed by atoms with van der Waals surface area (Å²) in [5, 5.41) is 5.29. The topological polar surface area (TPSA) is 58.2 Å². The van der Waals surface area contributed by atoms with Crippen molar-refractivity contribution in [1.82, 2.24) is 0 Å². The fraction of sp³-hybridized carbons (Fsp3) is 0.158. The molecule has 0 aliphatic carbocycles. The van der Waals surface area contributed by atoms with Gasteiger partial charge in [0, 0.05) is 23.5 Å². The first-order chi connectivity index (χ1) is 11.3. The number of amides is 2. The summed E-state index contributed by atoms with van der Waals surface area (Å²) in [6.45, 7) is 5.64. The van der Waals surface area contributed by atoms with E-state index in [-0.39, 0.29) is 5.82 Å². The molecule has 24 heavy (non-hydrogen) atoms. The molecule has 0 aliphatic rings. The molecule has 0 unspecified atom stereocenters. The Kier molecular flexibility index (Phi) is 5.47. The van der Waals surface area contributed by atoms with Gasteiger partial charge in [0.15, 0.2) is 0 Å². The number of nitrogens with one attached hydrogen (secondary N) is 2. The Balaban J connectivity index is 1.95. The third-order valence-electron chi connectivity index (χ3n) is 3.61. The van der Waals surface area contributed by atoms with E-state index < -0.39 is 11.8 Å². The Hall–Kier alpha value is -2.95. The molecule has 124 valence electrons. The lowest BCUT2D eigenvalue weighted by Crippen LogP contribution is -2.12. The van der Waals surface area contributed by atoms with Crippen LogP contribution in [0.2, 0.25) is 0 Å². The summed E-state index contributed by atoms with van der Waals surface area (Å²) in [5.41, 5.74) is 3.98. The molecule has 0 saturated heterocycles. The number of rotatable bonds is 4. The molecule has 0 aliphatic heterocycles. The maximum absolute atomic E-state index is 13.0. The maximum Gasteiger partial charge on any atom is 0.248 e. The summed E-state index contributed by atoms with van der Waals surface area (Å²) in [4.78, 5) is 23.7. The molecule has 0 aromatic heterocycles. The lowest BCUT2D eigenvalue weighted by Gasteiger charge is -2.07. The second-order valence-corrected chi connectivity index (χ2v) is 5.57. The molecule has 0 bridgehead atoms. The molecule has 0 spiro atoms. The number of hydrogen-bond acceptors (Lipinski definition) is 2. The molecule has 0 saturated carbocycles. The minimum Gasteiger partial charge on any atom is -0.323 e. The number of anilines is 2. The number of benzene rings is 2.